The molecule has 0 aliphatic carbocycles. The van der Waals surface area contributed by atoms with E-state index in [1.807, 2.05) is 11.0 Å². The highest BCUT2D eigenvalue weighted by Crippen LogP contribution is 2.53. The van der Waals surface area contributed by atoms with E-state index in [1.165, 1.54) is 24.0 Å². The molecule has 25 heavy (non-hydrogen) atoms. The summed E-state index contributed by atoms with van der Waals surface area (Å²) in [6.45, 7) is 2.88. The van der Waals surface area contributed by atoms with Gasteiger partial charge in [-0.1, -0.05) is 55.0 Å². The van der Waals surface area contributed by atoms with E-state index in [-0.39, 0.29) is 5.41 Å². The van der Waals surface area contributed by atoms with Crippen LogP contribution in [0.1, 0.15) is 36.8 Å². The van der Waals surface area contributed by atoms with Gasteiger partial charge in [0.1, 0.15) is 0 Å². The van der Waals surface area contributed by atoms with Crippen LogP contribution in [0.15, 0.2) is 54.6 Å². The molecular weight excluding hydrogens is 308 g/mol. The Morgan fingerprint density at radius 1 is 0.960 bits per heavy atom. The lowest BCUT2D eigenvalue weighted by molar-refractivity contribution is -0.124. The zero-order valence-corrected chi connectivity index (χ0v) is 14.5. The Morgan fingerprint density at radius 3 is 2.64 bits per heavy atom. The Bertz CT molecular complexity index is 803. The van der Waals surface area contributed by atoms with Crippen LogP contribution in [0.2, 0.25) is 0 Å². The third-order valence-corrected chi connectivity index (χ3v) is 6.46. The van der Waals surface area contributed by atoms with Crippen molar-refractivity contribution < 1.29 is 4.79 Å². The molecule has 2 fully saturated rings. The number of anilines is 1. The Kier molecular flexibility index (Phi) is 3.46. The third-order valence-electron chi connectivity index (χ3n) is 6.46. The van der Waals surface area contributed by atoms with Crippen molar-refractivity contribution >= 4 is 11.6 Å². The molecule has 2 aromatic rings. The van der Waals surface area contributed by atoms with Gasteiger partial charge in [0.15, 0.2) is 0 Å². The van der Waals surface area contributed by atoms with Crippen molar-refractivity contribution in [2.24, 2.45) is 0 Å². The van der Waals surface area contributed by atoms with E-state index in [1.54, 1.807) is 0 Å². The molecule has 128 valence electrons. The van der Waals surface area contributed by atoms with Crippen molar-refractivity contribution in [3.05, 3.63) is 65.7 Å². The maximum absolute atomic E-state index is 13.7. The van der Waals surface area contributed by atoms with Crippen LogP contribution in [-0.2, 0) is 16.8 Å². The molecular formula is C22H24N2O. The molecule has 2 atom stereocenters. The molecule has 0 saturated carbocycles. The van der Waals surface area contributed by atoms with E-state index in [9.17, 15) is 4.79 Å². The van der Waals surface area contributed by atoms with Gasteiger partial charge in [0.25, 0.3) is 0 Å². The SMILES string of the molecule is O=C1N(Cc2ccccc2)c2ccccc2[C@]12CCN1CCCC[C@@H]12. The Hall–Kier alpha value is -2.13. The summed E-state index contributed by atoms with van der Waals surface area (Å²) >= 11 is 0. The van der Waals surface area contributed by atoms with Gasteiger partial charge >= 0.3 is 0 Å². The topological polar surface area (TPSA) is 23.6 Å². The molecule has 3 aliphatic heterocycles. The van der Waals surface area contributed by atoms with Crippen molar-refractivity contribution in [1.29, 1.82) is 0 Å². The van der Waals surface area contributed by atoms with Crippen molar-refractivity contribution in [2.45, 2.75) is 43.7 Å². The second kappa shape index (κ2) is 5.70. The number of benzene rings is 2. The van der Waals surface area contributed by atoms with Crippen molar-refractivity contribution in [3.8, 4) is 0 Å². The second-order valence-electron chi connectivity index (χ2n) is 7.66. The average Bonchev–Trinajstić information content (AvgIpc) is 3.17. The van der Waals surface area contributed by atoms with Gasteiger partial charge in [0, 0.05) is 11.7 Å². The van der Waals surface area contributed by atoms with E-state index in [4.69, 9.17) is 0 Å². The van der Waals surface area contributed by atoms with Gasteiger partial charge < -0.3 is 4.90 Å². The predicted molar refractivity (Wildman–Crippen MR) is 99.6 cm³/mol. The second-order valence-corrected chi connectivity index (χ2v) is 7.66. The highest BCUT2D eigenvalue weighted by Gasteiger charge is 2.59. The fourth-order valence-electron chi connectivity index (χ4n) is 5.34. The molecule has 3 aliphatic rings. The summed E-state index contributed by atoms with van der Waals surface area (Å²) in [4.78, 5) is 18.4. The summed E-state index contributed by atoms with van der Waals surface area (Å²) in [5, 5.41) is 0. The monoisotopic (exact) mass is 332 g/mol. The number of fused-ring (bicyclic) bond motifs is 4. The third kappa shape index (κ3) is 2.12. The number of nitrogens with zero attached hydrogens (tertiary/aromatic N) is 2. The number of carbonyl (C=O) groups excluding carboxylic acids is 1. The molecule has 3 heterocycles. The molecule has 2 saturated heterocycles. The summed E-state index contributed by atoms with van der Waals surface area (Å²) in [5.41, 5.74) is 3.28. The first-order valence-corrected chi connectivity index (χ1v) is 9.50. The highest BCUT2D eigenvalue weighted by atomic mass is 16.2. The van der Waals surface area contributed by atoms with Gasteiger partial charge in [-0.25, -0.2) is 0 Å². The largest absolute Gasteiger partial charge is 0.307 e. The molecule has 0 radical (unpaired) electrons. The maximum Gasteiger partial charge on any atom is 0.239 e. The van der Waals surface area contributed by atoms with Gasteiger partial charge in [-0.3, -0.25) is 9.69 Å². The number of hydrogen-bond donors (Lipinski definition) is 0. The predicted octanol–water partition coefficient (Wildman–Crippen LogP) is 3.73. The van der Waals surface area contributed by atoms with Crippen LogP contribution < -0.4 is 4.90 Å². The fraction of sp³-hybridized carbons (Fsp3) is 0.409. The minimum Gasteiger partial charge on any atom is -0.307 e. The molecule has 0 N–H and O–H groups in total. The Balaban J connectivity index is 1.59. The zero-order chi connectivity index (χ0) is 16.9. The maximum atomic E-state index is 13.7. The lowest BCUT2D eigenvalue weighted by Crippen LogP contribution is -2.50. The van der Waals surface area contributed by atoms with Gasteiger partial charge in [-0.2, -0.15) is 0 Å². The number of rotatable bonds is 2. The number of amides is 1. The summed E-state index contributed by atoms with van der Waals surface area (Å²) in [6.07, 6.45) is 4.64. The summed E-state index contributed by atoms with van der Waals surface area (Å²) in [6, 6.07) is 19.3. The molecule has 3 nitrogen and oxygen atoms in total. The van der Waals surface area contributed by atoms with Gasteiger partial charge in [0.2, 0.25) is 5.91 Å². The molecule has 5 rings (SSSR count). The summed E-state index contributed by atoms with van der Waals surface area (Å²) < 4.78 is 0. The van der Waals surface area contributed by atoms with Gasteiger partial charge in [-0.15, -0.1) is 0 Å². The standard InChI is InChI=1S/C22H24N2O/c25-21-22(13-15-23-14-7-6-12-20(22)23)18-10-4-5-11-19(18)24(21)16-17-8-2-1-3-9-17/h1-5,8-11,20H,6-7,12-16H2/t20-,22+/m1/s1. The first kappa shape index (κ1) is 15.2. The lowest BCUT2D eigenvalue weighted by Gasteiger charge is -2.37. The van der Waals surface area contributed by atoms with E-state index in [2.05, 4.69) is 53.4 Å². The van der Waals surface area contributed by atoms with Crippen molar-refractivity contribution in [1.82, 2.24) is 4.90 Å². The molecule has 0 unspecified atom stereocenters. The summed E-state index contributed by atoms with van der Waals surface area (Å²) in [5.74, 6) is 0.326. The smallest absolute Gasteiger partial charge is 0.239 e. The Labute approximate surface area is 149 Å². The van der Waals surface area contributed by atoms with Crippen LogP contribution in [0.3, 0.4) is 0 Å². The van der Waals surface area contributed by atoms with Crippen molar-refractivity contribution in [3.63, 3.8) is 0 Å². The minimum atomic E-state index is -0.314. The number of piperidine rings is 1. The molecule has 1 amide bonds. The number of carbonyl (C=O) groups is 1. The molecule has 2 aromatic carbocycles. The van der Waals surface area contributed by atoms with E-state index < -0.39 is 0 Å². The molecule has 1 spiro atoms. The van der Waals surface area contributed by atoms with Crippen molar-refractivity contribution in [2.75, 3.05) is 18.0 Å². The molecule has 0 bridgehead atoms. The lowest BCUT2D eigenvalue weighted by atomic mass is 9.72. The van der Waals surface area contributed by atoms with Gasteiger partial charge in [-0.05, 0) is 49.5 Å². The normalized spacial score (nSPS) is 28.4. The fourth-order valence-corrected chi connectivity index (χ4v) is 5.34. The number of para-hydroxylation sites is 1. The van der Waals surface area contributed by atoms with Gasteiger partial charge in [0.05, 0.1) is 12.0 Å². The first-order chi connectivity index (χ1) is 12.3. The minimum absolute atomic E-state index is 0.314. The average molecular weight is 332 g/mol. The van der Waals surface area contributed by atoms with E-state index >= 15 is 0 Å². The van der Waals surface area contributed by atoms with Crippen LogP contribution in [0, 0.1) is 0 Å². The molecule has 0 aromatic heterocycles. The van der Waals surface area contributed by atoms with Crippen LogP contribution in [0.4, 0.5) is 5.69 Å². The van der Waals surface area contributed by atoms with Crippen LogP contribution in [-0.4, -0.2) is 29.9 Å². The highest BCUT2D eigenvalue weighted by molar-refractivity contribution is 6.09. The summed E-state index contributed by atoms with van der Waals surface area (Å²) in [7, 11) is 0. The first-order valence-electron chi connectivity index (χ1n) is 9.50. The number of hydrogen-bond acceptors (Lipinski definition) is 2. The van der Waals surface area contributed by atoms with E-state index in [0.29, 0.717) is 18.5 Å². The Morgan fingerprint density at radius 2 is 1.76 bits per heavy atom. The zero-order valence-electron chi connectivity index (χ0n) is 14.5. The van der Waals surface area contributed by atoms with Crippen LogP contribution in [0.25, 0.3) is 0 Å². The van der Waals surface area contributed by atoms with E-state index in [0.717, 1.165) is 31.6 Å². The quantitative estimate of drug-likeness (QED) is 0.836. The molecule has 3 heteroatoms. The van der Waals surface area contributed by atoms with Crippen LogP contribution >= 0.6 is 0 Å². The van der Waals surface area contributed by atoms with Crippen LogP contribution in [0.5, 0.6) is 0 Å².